The van der Waals surface area contributed by atoms with E-state index in [2.05, 4.69) is 5.32 Å². The highest BCUT2D eigenvalue weighted by molar-refractivity contribution is 6.31. The molecule has 0 aliphatic heterocycles. The normalized spacial score (nSPS) is 10.5. The highest BCUT2D eigenvalue weighted by Crippen LogP contribution is 2.22. The van der Waals surface area contributed by atoms with Crippen molar-refractivity contribution in [2.45, 2.75) is 26.9 Å². The predicted molar refractivity (Wildman–Crippen MR) is 100 cm³/mol. The highest BCUT2D eigenvalue weighted by atomic mass is 35.5. The van der Waals surface area contributed by atoms with Gasteiger partial charge in [-0.05, 0) is 56.3 Å². The van der Waals surface area contributed by atoms with Crippen molar-refractivity contribution in [2.75, 3.05) is 16.8 Å². The Labute approximate surface area is 156 Å². The molecule has 0 atom stereocenters. The summed E-state index contributed by atoms with van der Waals surface area (Å²) in [6.45, 7) is 5.03. The summed E-state index contributed by atoms with van der Waals surface area (Å²) in [5.74, 6) is -0.600. The van der Waals surface area contributed by atoms with Crippen LogP contribution >= 0.6 is 11.6 Å². The van der Waals surface area contributed by atoms with E-state index in [0.717, 1.165) is 6.07 Å². The number of ether oxygens (including phenoxy) is 1. The van der Waals surface area contributed by atoms with E-state index in [1.165, 1.54) is 24.0 Å². The SMILES string of the molecule is CC(=O)N(CC(=O)Nc1ccc(F)c(Cl)c1)c1ccc(OC(C)C)cc1. The lowest BCUT2D eigenvalue weighted by Gasteiger charge is -2.21. The minimum Gasteiger partial charge on any atom is -0.491 e. The molecule has 2 aromatic carbocycles. The molecule has 0 heterocycles. The maximum atomic E-state index is 13.2. The smallest absolute Gasteiger partial charge is 0.244 e. The Kier molecular flexibility index (Phi) is 6.58. The van der Waals surface area contributed by atoms with Gasteiger partial charge in [0.15, 0.2) is 0 Å². The first kappa shape index (κ1) is 19.7. The van der Waals surface area contributed by atoms with E-state index >= 15 is 0 Å². The van der Waals surface area contributed by atoms with Gasteiger partial charge in [0.05, 0.1) is 11.1 Å². The van der Waals surface area contributed by atoms with E-state index in [9.17, 15) is 14.0 Å². The lowest BCUT2D eigenvalue weighted by atomic mass is 10.2. The van der Waals surface area contributed by atoms with Crippen LogP contribution in [0.1, 0.15) is 20.8 Å². The Bertz CT molecular complexity index is 794. The maximum Gasteiger partial charge on any atom is 0.244 e. The summed E-state index contributed by atoms with van der Waals surface area (Å²) < 4.78 is 18.7. The number of nitrogens with zero attached hydrogens (tertiary/aromatic N) is 1. The van der Waals surface area contributed by atoms with Crippen molar-refractivity contribution in [2.24, 2.45) is 0 Å². The van der Waals surface area contributed by atoms with Gasteiger partial charge in [-0.2, -0.15) is 0 Å². The topological polar surface area (TPSA) is 58.6 Å². The van der Waals surface area contributed by atoms with Gasteiger partial charge in [-0.25, -0.2) is 4.39 Å². The van der Waals surface area contributed by atoms with E-state index < -0.39 is 11.7 Å². The van der Waals surface area contributed by atoms with Crippen molar-refractivity contribution in [3.63, 3.8) is 0 Å². The van der Waals surface area contributed by atoms with Gasteiger partial charge in [0.2, 0.25) is 11.8 Å². The third-order valence-electron chi connectivity index (χ3n) is 3.41. The summed E-state index contributed by atoms with van der Waals surface area (Å²) in [5, 5.41) is 2.50. The summed E-state index contributed by atoms with van der Waals surface area (Å²) in [4.78, 5) is 25.5. The van der Waals surface area contributed by atoms with Crippen LogP contribution < -0.4 is 15.0 Å². The third kappa shape index (κ3) is 5.46. The molecular formula is C19H20ClFN2O3. The second-order valence-corrected chi connectivity index (χ2v) is 6.35. The van der Waals surface area contributed by atoms with Crippen molar-refractivity contribution in [3.8, 4) is 5.75 Å². The summed E-state index contributed by atoms with van der Waals surface area (Å²) in [7, 11) is 0. The van der Waals surface area contributed by atoms with Crippen LogP contribution in [0.5, 0.6) is 5.75 Å². The lowest BCUT2D eigenvalue weighted by molar-refractivity contribution is -0.120. The Balaban J connectivity index is 2.08. The number of anilines is 2. The van der Waals surface area contributed by atoms with Crippen molar-refractivity contribution < 1.29 is 18.7 Å². The average molecular weight is 379 g/mol. The van der Waals surface area contributed by atoms with Crippen LogP contribution in [0.25, 0.3) is 0 Å². The van der Waals surface area contributed by atoms with Gasteiger partial charge in [-0.3, -0.25) is 9.59 Å². The van der Waals surface area contributed by atoms with Crippen LogP contribution in [0.2, 0.25) is 5.02 Å². The minimum atomic E-state index is -0.571. The number of amides is 2. The Hall–Kier alpha value is -2.60. The first-order valence-corrected chi connectivity index (χ1v) is 8.44. The van der Waals surface area contributed by atoms with E-state index in [1.807, 2.05) is 13.8 Å². The number of halogens is 2. The van der Waals surface area contributed by atoms with Gasteiger partial charge >= 0.3 is 0 Å². The fourth-order valence-corrected chi connectivity index (χ4v) is 2.46. The molecule has 2 amide bonds. The van der Waals surface area contributed by atoms with Crippen LogP contribution in [0.3, 0.4) is 0 Å². The molecule has 0 radical (unpaired) electrons. The number of benzene rings is 2. The fourth-order valence-electron chi connectivity index (χ4n) is 2.28. The lowest BCUT2D eigenvalue weighted by Crippen LogP contribution is -2.36. The van der Waals surface area contributed by atoms with Gasteiger partial charge in [-0.1, -0.05) is 11.6 Å². The first-order chi connectivity index (χ1) is 12.3. The molecule has 7 heteroatoms. The zero-order valence-corrected chi connectivity index (χ0v) is 15.5. The minimum absolute atomic E-state index is 0.0399. The van der Waals surface area contributed by atoms with Crippen LogP contribution in [-0.2, 0) is 9.59 Å². The molecular weight excluding hydrogens is 359 g/mol. The van der Waals surface area contributed by atoms with E-state index in [1.54, 1.807) is 24.3 Å². The quantitative estimate of drug-likeness (QED) is 0.817. The Morgan fingerprint density at radius 1 is 1.19 bits per heavy atom. The molecule has 0 saturated heterocycles. The number of carbonyl (C=O) groups is 2. The molecule has 5 nitrogen and oxygen atoms in total. The zero-order valence-electron chi connectivity index (χ0n) is 14.8. The molecule has 0 aliphatic rings. The van der Waals surface area contributed by atoms with Crippen molar-refractivity contribution in [1.29, 1.82) is 0 Å². The molecule has 138 valence electrons. The van der Waals surface area contributed by atoms with E-state index in [4.69, 9.17) is 16.3 Å². The Morgan fingerprint density at radius 3 is 2.38 bits per heavy atom. The second kappa shape index (κ2) is 8.67. The van der Waals surface area contributed by atoms with Crippen molar-refractivity contribution in [3.05, 3.63) is 53.3 Å². The molecule has 26 heavy (non-hydrogen) atoms. The number of carbonyl (C=O) groups excluding carboxylic acids is 2. The Morgan fingerprint density at radius 2 is 1.85 bits per heavy atom. The summed E-state index contributed by atoms with van der Waals surface area (Å²) in [6.07, 6.45) is 0.0399. The van der Waals surface area contributed by atoms with Crippen LogP contribution in [-0.4, -0.2) is 24.5 Å². The number of rotatable bonds is 6. The second-order valence-electron chi connectivity index (χ2n) is 5.94. The monoisotopic (exact) mass is 378 g/mol. The predicted octanol–water partition coefficient (Wildman–Crippen LogP) is 4.26. The first-order valence-electron chi connectivity index (χ1n) is 8.06. The molecule has 1 N–H and O–H groups in total. The maximum absolute atomic E-state index is 13.2. The van der Waals surface area contributed by atoms with Gasteiger partial charge in [0.1, 0.15) is 18.1 Å². The molecule has 0 saturated carbocycles. The summed E-state index contributed by atoms with van der Waals surface area (Å²) in [5.41, 5.74) is 0.923. The zero-order chi connectivity index (χ0) is 19.3. The average Bonchev–Trinajstić information content (AvgIpc) is 2.56. The number of nitrogens with one attached hydrogen (secondary N) is 1. The summed E-state index contributed by atoms with van der Waals surface area (Å²) >= 11 is 5.70. The fraction of sp³-hybridized carbons (Fsp3) is 0.263. The molecule has 0 unspecified atom stereocenters. The molecule has 0 bridgehead atoms. The largest absolute Gasteiger partial charge is 0.491 e. The molecule has 2 aromatic rings. The van der Waals surface area contributed by atoms with Crippen molar-refractivity contribution in [1.82, 2.24) is 0 Å². The third-order valence-corrected chi connectivity index (χ3v) is 3.70. The molecule has 0 aliphatic carbocycles. The van der Waals surface area contributed by atoms with Gasteiger partial charge in [0.25, 0.3) is 0 Å². The molecule has 2 rings (SSSR count). The van der Waals surface area contributed by atoms with E-state index in [0.29, 0.717) is 17.1 Å². The van der Waals surface area contributed by atoms with Crippen LogP contribution in [0.4, 0.5) is 15.8 Å². The standard InChI is InChI=1S/C19H20ClFN2O3/c1-12(2)26-16-7-5-15(6-8-16)23(13(3)24)11-19(25)22-14-4-9-18(21)17(20)10-14/h4-10,12H,11H2,1-3H3,(H,22,25). The molecule has 0 aromatic heterocycles. The van der Waals surface area contributed by atoms with Gasteiger partial charge in [-0.15, -0.1) is 0 Å². The summed E-state index contributed by atoms with van der Waals surface area (Å²) in [6, 6.07) is 10.8. The van der Waals surface area contributed by atoms with Crippen LogP contribution in [0, 0.1) is 5.82 Å². The van der Waals surface area contributed by atoms with Gasteiger partial charge < -0.3 is 15.0 Å². The number of hydrogen-bond acceptors (Lipinski definition) is 3. The molecule has 0 spiro atoms. The molecule has 0 fully saturated rings. The van der Waals surface area contributed by atoms with Crippen LogP contribution in [0.15, 0.2) is 42.5 Å². The van der Waals surface area contributed by atoms with Gasteiger partial charge in [0, 0.05) is 18.3 Å². The van der Waals surface area contributed by atoms with E-state index in [-0.39, 0.29) is 23.6 Å². The highest BCUT2D eigenvalue weighted by Gasteiger charge is 2.16. The number of hydrogen-bond donors (Lipinski definition) is 1. The van der Waals surface area contributed by atoms with Crippen molar-refractivity contribution >= 4 is 34.8 Å².